The zero-order valence-corrected chi connectivity index (χ0v) is 15.7. The molecule has 1 amide bonds. The van der Waals surface area contributed by atoms with Gasteiger partial charge in [-0.25, -0.2) is 4.39 Å². The van der Waals surface area contributed by atoms with Crippen LogP contribution in [0.5, 0.6) is 5.75 Å². The van der Waals surface area contributed by atoms with Crippen LogP contribution in [0, 0.1) is 11.7 Å². The number of carbonyl (C=O) groups excluding carboxylic acids is 1. The van der Waals surface area contributed by atoms with Gasteiger partial charge in [-0.15, -0.1) is 0 Å². The molecule has 1 saturated heterocycles. The maximum atomic E-state index is 13.6. The molecule has 1 atom stereocenters. The number of benzene rings is 1. The van der Waals surface area contributed by atoms with E-state index in [9.17, 15) is 9.18 Å². The molecule has 0 aliphatic carbocycles. The van der Waals surface area contributed by atoms with Crippen molar-refractivity contribution in [3.05, 3.63) is 24.0 Å². The van der Waals surface area contributed by atoms with E-state index in [0.29, 0.717) is 30.0 Å². The molecule has 0 spiro atoms. The lowest BCUT2D eigenvalue weighted by Crippen LogP contribution is -2.45. The van der Waals surface area contributed by atoms with E-state index in [-0.39, 0.29) is 18.3 Å². The molecule has 0 radical (unpaired) electrons. The molecule has 1 unspecified atom stereocenters. The minimum Gasteiger partial charge on any atom is -0.482 e. The number of rotatable bonds is 7. The lowest BCUT2D eigenvalue weighted by atomic mass is 10.0. The first-order chi connectivity index (χ1) is 12.6. The second-order valence-electron chi connectivity index (χ2n) is 7.38. The molecule has 0 bridgehead atoms. The Morgan fingerprint density at radius 1 is 1.31 bits per heavy atom. The highest BCUT2D eigenvalue weighted by atomic mass is 19.1. The highest BCUT2D eigenvalue weighted by Crippen LogP contribution is 2.33. The molecule has 1 aromatic rings. The Morgan fingerprint density at radius 3 is 2.81 bits per heavy atom. The minimum atomic E-state index is -0.353. The monoisotopic (exact) mass is 364 g/mol. The molecule has 144 valence electrons. The van der Waals surface area contributed by atoms with E-state index in [4.69, 9.17) is 9.47 Å². The predicted octanol–water partition coefficient (Wildman–Crippen LogP) is 3.08. The first-order valence-electron chi connectivity index (χ1n) is 9.63. The number of hydrogen-bond donors (Lipinski definition) is 0. The summed E-state index contributed by atoms with van der Waals surface area (Å²) in [5.41, 5.74) is 0.541. The number of halogens is 1. The second-order valence-corrected chi connectivity index (χ2v) is 7.38. The van der Waals surface area contributed by atoms with Crippen molar-refractivity contribution in [1.82, 2.24) is 4.90 Å². The quantitative estimate of drug-likeness (QED) is 0.746. The molecule has 1 fully saturated rings. The Labute approximate surface area is 155 Å². The van der Waals surface area contributed by atoms with Gasteiger partial charge in [0.15, 0.2) is 6.61 Å². The summed E-state index contributed by atoms with van der Waals surface area (Å²) in [6.45, 7) is 8.69. The second kappa shape index (κ2) is 8.82. The Hall–Kier alpha value is -1.66. The van der Waals surface area contributed by atoms with Gasteiger partial charge in [0.2, 0.25) is 0 Å². The van der Waals surface area contributed by atoms with Crippen molar-refractivity contribution >= 4 is 11.6 Å². The van der Waals surface area contributed by atoms with Crippen LogP contribution < -0.4 is 9.64 Å². The van der Waals surface area contributed by atoms with E-state index in [1.807, 2.05) is 0 Å². The van der Waals surface area contributed by atoms with Gasteiger partial charge in [-0.1, -0.05) is 13.8 Å². The summed E-state index contributed by atoms with van der Waals surface area (Å²) < 4.78 is 24.9. The summed E-state index contributed by atoms with van der Waals surface area (Å²) >= 11 is 0. The van der Waals surface area contributed by atoms with Crippen LogP contribution in [0.4, 0.5) is 10.1 Å². The summed E-state index contributed by atoms with van der Waals surface area (Å²) in [6, 6.07) is 4.34. The van der Waals surface area contributed by atoms with Gasteiger partial charge in [0.05, 0.1) is 11.8 Å². The lowest BCUT2D eigenvalue weighted by molar-refractivity contribution is -0.121. The zero-order valence-electron chi connectivity index (χ0n) is 15.7. The Morgan fingerprint density at radius 2 is 2.08 bits per heavy atom. The third kappa shape index (κ3) is 4.74. The Bertz CT molecular complexity index is 617. The average Bonchev–Trinajstić information content (AvgIpc) is 2.63. The maximum Gasteiger partial charge on any atom is 0.265 e. The third-order valence-electron chi connectivity index (χ3n) is 5.02. The van der Waals surface area contributed by atoms with E-state index < -0.39 is 0 Å². The lowest BCUT2D eigenvalue weighted by Gasteiger charge is -2.36. The molecular weight excluding hydrogens is 335 g/mol. The van der Waals surface area contributed by atoms with Crippen molar-refractivity contribution in [1.29, 1.82) is 0 Å². The minimum absolute atomic E-state index is 0.0194. The van der Waals surface area contributed by atoms with Crippen molar-refractivity contribution in [2.24, 2.45) is 5.92 Å². The largest absolute Gasteiger partial charge is 0.482 e. The molecule has 2 heterocycles. The fourth-order valence-corrected chi connectivity index (χ4v) is 3.73. The van der Waals surface area contributed by atoms with Crippen LogP contribution in [0.2, 0.25) is 0 Å². The molecule has 0 saturated carbocycles. The number of anilines is 1. The van der Waals surface area contributed by atoms with Gasteiger partial charge in [-0.2, -0.15) is 0 Å². The number of fused-ring (bicyclic) bond motifs is 1. The molecule has 2 aliphatic heterocycles. The smallest absolute Gasteiger partial charge is 0.265 e. The number of likely N-dealkylation sites (tertiary alicyclic amines) is 1. The van der Waals surface area contributed by atoms with Crippen molar-refractivity contribution < 1.29 is 18.7 Å². The molecule has 1 aromatic carbocycles. The molecule has 5 nitrogen and oxygen atoms in total. The number of amides is 1. The number of nitrogens with zero attached hydrogens (tertiary/aromatic N) is 2. The fraction of sp³-hybridized carbons (Fsp3) is 0.650. The van der Waals surface area contributed by atoms with Crippen LogP contribution in [0.1, 0.15) is 33.1 Å². The van der Waals surface area contributed by atoms with Gasteiger partial charge >= 0.3 is 0 Å². The Kier molecular flexibility index (Phi) is 6.48. The summed E-state index contributed by atoms with van der Waals surface area (Å²) in [7, 11) is 0. The molecule has 26 heavy (non-hydrogen) atoms. The van der Waals surface area contributed by atoms with Crippen molar-refractivity contribution in [2.45, 2.75) is 39.2 Å². The maximum absolute atomic E-state index is 13.6. The highest BCUT2D eigenvalue weighted by Gasteiger charge is 2.28. The first-order valence-corrected chi connectivity index (χ1v) is 9.63. The molecule has 2 aliphatic rings. The molecular formula is C20H29FN2O3. The van der Waals surface area contributed by atoms with E-state index in [1.54, 1.807) is 11.0 Å². The summed E-state index contributed by atoms with van der Waals surface area (Å²) in [6.07, 6.45) is 3.58. The molecule has 0 N–H and O–H groups in total. The van der Waals surface area contributed by atoms with Crippen LogP contribution in [-0.4, -0.2) is 56.3 Å². The van der Waals surface area contributed by atoms with E-state index in [1.165, 1.54) is 12.1 Å². The summed E-state index contributed by atoms with van der Waals surface area (Å²) in [5.74, 6) is 0.406. The standard InChI is InChI=1S/C20H29FN2O3/c1-3-10-25-17-6-8-22(9-7-17)12-15(2)13-23-18-11-16(21)4-5-19(18)26-14-20(23)24/h4-5,11,15,17H,3,6-10,12-14H2,1-2H3. The van der Waals surface area contributed by atoms with Gasteiger partial charge in [-0.3, -0.25) is 4.79 Å². The number of ether oxygens (including phenoxy) is 2. The SMILES string of the molecule is CCCOC1CCN(CC(C)CN2C(=O)COc3ccc(F)cc32)CC1. The predicted molar refractivity (Wildman–Crippen MR) is 99.1 cm³/mol. The van der Waals surface area contributed by atoms with Crippen molar-refractivity contribution in [3.63, 3.8) is 0 Å². The third-order valence-corrected chi connectivity index (χ3v) is 5.02. The first kappa shape index (κ1) is 19.1. The highest BCUT2D eigenvalue weighted by molar-refractivity contribution is 5.97. The Balaban J connectivity index is 1.53. The van der Waals surface area contributed by atoms with E-state index in [2.05, 4.69) is 18.7 Å². The van der Waals surface area contributed by atoms with Gasteiger partial charge in [0, 0.05) is 38.9 Å². The van der Waals surface area contributed by atoms with Gasteiger partial charge in [0.1, 0.15) is 11.6 Å². The zero-order chi connectivity index (χ0) is 18.5. The number of hydrogen-bond acceptors (Lipinski definition) is 4. The molecule has 0 aromatic heterocycles. The van der Waals surface area contributed by atoms with Crippen molar-refractivity contribution in [2.75, 3.05) is 44.3 Å². The fourth-order valence-electron chi connectivity index (χ4n) is 3.73. The average molecular weight is 364 g/mol. The van der Waals surface area contributed by atoms with Crippen LogP contribution >= 0.6 is 0 Å². The van der Waals surface area contributed by atoms with Crippen molar-refractivity contribution in [3.8, 4) is 5.75 Å². The topological polar surface area (TPSA) is 42.0 Å². The van der Waals surface area contributed by atoms with Gasteiger partial charge in [0.25, 0.3) is 5.91 Å². The van der Waals surface area contributed by atoms with Crippen LogP contribution in [0.3, 0.4) is 0 Å². The van der Waals surface area contributed by atoms with Crippen LogP contribution in [0.15, 0.2) is 18.2 Å². The number of carbonyl (C=O) groups is 1. The summed E-state index contributed by atoms with van der Waals surface area (Å²) in [5, 5.41) is 0. The van der Waals surface area contributed by atoms with Gasteiger partial charge < -0.3 is 19.3 Å². The number of piperidine rings is 1. The van der Waals surface area contributed by atoms with Crippen LogP contribution in [0.25, 0.3) is 0 Å². The van der Waals surface area contributed by atoms with E-state index in [0.717, 1.165) is 45.5 Å². The van der Waals surface area contributed by atoms with Gasteiger partial charge in [-0.05, 0) is 37.3 Å². The van der Waals surface area contributed by atoms with Crippen LogP contribution in [-0.2, 0) is 9.53 Å². The van der Waals surface area contributed by atoms with E-state index >= 15 is 0 Å². The summed E-state index contributed by atoms with van der Waals surface area (Å²) in [4.78, 5) is 16.4. The molecule has 6 heteroatoms. The normalized spacial score (nSPS) is 20.0. The molecule has 3 rings (SSSR count).